The summed E-state index contributed by atoms with van der Waals surface area (Å²) in [5, 5.41) is 10.4. The number of aryl methyl sites for hydroxylation is 1. The quantitative estimate of drug-likeness (QED) is 0.655. The SMILES string of the molecule is Cc1cc(N)cc(F)c1C(=O)NCC(=O)O. The number of nitrogens with two attached hydrogens (primary N) is 1. The Balaban J connectivity index is 2.95. The van der Waals surface area contributed by atoms with Crippen LogP contribution in [0.3, 0.4) is 0 Å². The van der Waals surface area contributed by atoms with E-state index in [1.807, 2.05) is 0 Å². The highest BCUT2D eigenvalue weighted by atomic mass is 19.1. The molecule has 1 aromatic carbocycles. The molecule has 0 aliphatic rings. The first-order valence-corrected chi connectivity index (χ1v) is 4.47. The van der Waals surface area contributed by atoms with Crippen molar-refractivity contribution in [2.75, 3.05) is 12.3 Å². The molecule has 0 saturated carbocycles. The first kappa shape index (κ1) is 12.0. The van der Waals surface area contributed by atoms with E-state index >= 15 is 0 Å². The van der Waals surface area contributed by atoms with Crippen LogP contribution in [-0.2, 0) is 4.79 Å². The molecular formula is C10H11FN2O3. The largest absolute Gasteiger partial charge is 0.480 e. The average Bonchev–Trinajstić information content (AvgIpc) is 2.12. The number of carboxylic acid groups (broad SMARTS) is 1. The van der Waals surface area contributed by atoms with Crippen molar-refractivity contribution in [2.24, 2.45) is 0 Å². The zero-order valence-corrected chi connectivity index (χ0v) is 8.58. The minimum Gasteiger partial charge on any atom is -0.480 e. The van der Waals surface area contributed by atoms with Gasteiger partial charge in [0.2, 0.25) is 0 Å². The minimum absolute atomic E-state index is 0.185. The van der Waals surface area contributed by atoms with Crippen molar-refractivity contribution in [3.8, 4) is 0 Å². The van der Waals surface area contributed by atoms with Gasteiger partial charge in [-0.2, -0.15) is 0 Å². The highest BCUT2D eigenvalue weighted by Gasteiger charge is 2.15. The smallest absolute Gasteiger partial charge is 0.322 e. The van der Waals surface area contributed by atoms with E-state index in [0.29, 0.717) is 5.56 Å². The van der Waals surface area contributed by atoms with E-state index in [2.05, 4.69) is 5.32 Å². The van der Waals surface area contributed by atoms with Crippen LogP contribution < -0.4 is 11.1 Å². The molecule has 0 bridgehead atoms. The van der Waals surface area contributed by atoms with Crippen LogP contribution in [0.25, 0.3) is 0 Å². The lowest BCUT2D eigenvalue weighted by molar-refractivity contribution is -0.135. The number of halogens is 1. The third kappa shape index (κ3) is 2.69. The number of carboxylic acids is 1. The summed E-state index contributed by atoms with van der Waals surface area (Å²) in [5.74, 6) is -2.72. The van der Waals surface area contributed by atoms with Crippen molar-refractivity contribution in [1.82, 2.24) is 5.32 Å². The van der Waals surface area contributed by atoms with Gasteiger partial charge in [0.1, 0.15) is 12.4 Å². The summed E-state index contributed by atoms with van der Waals surface area (Å²) in [7, 11) is 0. The monoisotopic (exact) mass is 226 g/mol. The Kier molecular flexibility index (Phi) is 3.44. The van der Waals surface area contributed by atoms with Gasteiger partial charge in [-0.05, 0) is 24.6 Å². The molecule has 0 spiro atoms. The zero-order chi connectivity index (χ0) is 12.3. The molecule has 0 aromatic heterocycles. The van der Waals surface area contributed by atoms with Crippen LogP contribution in [0.5, 0.6) is 0 Å². The molecule has 5 nitrogen and oxygen atoms in total. The fourth-order valence-electron chi connectivity index (χ4n) is 1.30. The lowest BCUT2D eigenvalue weighted by Crippen LogP contribution is -2.30. The van der Waals surface area contributed by atoms with E-state index < -0.39 is 24.2 Å². The highest BCUT2D eigenvalue weighted by Crippen LogP contribution is 2.17. The summed E-state index contributed by atoms with van der Waals surface area (Å²) in [6.07, 6.45) is 0. The van der Waals surface area contributed by atoms with Gasteiger partial charge in [-0.3, -0.25) is 9.59 Å². The standard InChI is InChI=1S/C10H11FN2O3/c1-5-2-6(12)3-7(11)9(5)10(16)13-4-8(14)15/h2-3H,4,12H2,1H3,(H,13,16)(H,14,15). The molecule has 0 aliphatic carbocycles. The maximum absolute atomic E-state index is 13.4. The summed E-state index contributed by atoms with van der Waals surface area (Å²) in [4.78, 5) is 21.7. The average molecular weight is 226 g/mol. The summed E-state index contributed by atoms with van der Waals surface area (Å²) in [5.41, 5.74) is 5.77. The van der Waals surface area contributed by atoms with Gasteiger partial charge in [0.15, 0.2) is 0 Å². The molecule has 0 atom stereocenters. The molecule has 0 aliphatic heterocycles. The van der Waals surface area contributed by atoms with Gasteiger partial charge >= 0.3 is 5.97 Å². The summed E-state index contributed by atoms with van der Waals surface area (Å²) in [6, 6.07) is 2.46. The number of benzene rings is 1. The van der Waals surface area contributed by atoms with Crippen LogP contribution in [0.1, 0.15) is 15.9 Å². The predicted octanol–water partition coefficient (Wildman–Crippen LogP) is 0.531. The van der Waals surface area contributed by atoms with E-state index in [-0.39, 0.29) is 11.3 Å². The number of carbonyl (C=O) groups is 2. The molecule has 0 unspecified atom stereocenters. The minimum atomic E-state index is -1.19. The second kappa shape index (κ2) is 4.61. The predicted molar refractivity (Wildman–Crippen MR) is 55.5 cm³/mol. The molecule has 1 rings (SSSR count). The van der Waals surface area contributed by atoms with Crippen molar-refractivity contribution in [3.05, 3.63) is 29.1 Å². The number of aliphatic carboxylic acids is 1. The molecule has 4 N–H and O–H groups in total. The summed E-state index contributed by atoms with van der Waals surface area (Å²) < 4.78 is 13.4. The number of nitrogens with one attached hydrogen (secondary N) is 1. The van der Waals surface area contributed by atoms with Crippen LogP contribution in [0.15, 0.2) is 12.1 Å². The summed E-state index contributed by atoms with van der Waals surface area (Å²) in [6.45, 7) is 0.969. The molecule has 6 heteroatoms. The van der Waals surface area contributed by atoms with E-state index in [4.69, 9.17) is 10.8 Å². The second-order valence-corrected chi connectivity index (χ2v) is 3.27. The van der Waals surface area contributed by atoms with Crippen molar-refractivity contribution in [3.63, 3.8) is 0 Å². The van der Waals surface area contributed by atoms with Crippen LogP contribution >= 0.6 is 0 Å². The van der Waals surface area contributed by atoms with Gasteiger partial charge < -0.3 is 16.2 Å². The van der Waals surface area contributed by atoms with E-state index in [1.165, 1.54) is 13.0 Å². The molecule has 0 heterocycles. The fourth-order valence-corrected chi connectivity index (χ4v) is 1.30. The van der Waals surface area contributed by atoms with Gasteiger partial charge in [-0.25, -0.2) is 4.39 Å². The van der Waals surface area contributed by atoms with Crippen molar-refractivity contribution in [2.45, 2.75) is 6.92 Å². The van der Waals surface area contributed by atoms with Gasteiger partial charge in [-0.1, -0.05) is 0 Å². The number of hydrogen-bond acceptors (Lipinski definition) is 3. The number of rotatable bonds is 3. The van der Waals surface area contributed by atoms with Gasteiger partial charge in [-0.15, -0.1) is 0 Å². The highest BCUT2D eigenvalue weighted by molar-refractivity contribution is 5.97. The van der Waals surface area contributed by atoms with Crippen LogP contribution in [0, 0.1) is 12.7 Å². The molecular weight excluding hydrogens is 215 g/mol. The van der Waals surface area contributed by atoms with Gasteiger partial charge in [0.05, 0.1) is 5.56 Å². The lowest BCUT2D eigenvalue weighted by atomic mass is 10.1. The van der Waals surface area contributed by atoms with E-state index in [0.717, 1.165) is 6.07 Å². The van der Waals surface area contributed by atoms with Crippen LogP contribution in [0.2, 0.25) is 0 Å². The van der Waals surface area contributed by atoms with E-state index in [9.17, 15) is 14.0 Å². The first-order chi connectivity index (χ1) is 7.41. The molecule has 1 amide bonds. The van der Waals surface area contributed by atoms with Crippen LogP contribution in [-0.4, -0.2) is 23.5 Å². The Bertz CT molecular complexity index is 423. The second-order valence-electron chi connectivity index (χ2n) is 3.27. The number of carbonyl (C=O) groups excluding carboxylic acids is 1. The van der Waals surface area contributed by atoms with Crippen molar-refractivity contribution in [1.29, 1.82) is 0 Å². The topological polar surface area (TPSA) is 92.4 Å². The molecule has 0 fully saturated rings. The Hall–Kier alpha value is -2.11. The number of nitrogen functional groups attached to an aromatic ring is 1. The fraction of sp³-hybridized carbons (Fsp3) is 0.200. The third-order valence-electron chi connectivity index (χ3n) is 1.94. The number of anilines is 1. The first-order valence-electron chi connectivity index (χ1n) is 4.47. The molecule has 16 heavy (non-hydrogen) atoms. The van der Waals surface area contributed by atoms with Gasteiger partial charge in [0.25, 0.3) is 5.91 Å². The lowest BCUT2D eigenvalue weighted by Gasteiger charge is -2.08. The number of amides is 1. The molecule has 0 radical (unpaired) electrons. The van der Waals surface area contributed by atoms with Crippen molar-refractivity contribution < 1.29 is 19.1 Å². The Labute approximate surface area is 91.1 Å². The Morgan fingerprint density at radius 3 is 2.62 bits per heavy atom. The summed E-state index contributed by atoms with van der Waals surface area (Å²) >= 11 is 0. The van der Waals surface area contributed by atoms with Gasteiger partial charge in [0, 0.05) is 5.69 Å². The molecule has 86 valence electrons. The third-order valence-corrected chi connectivity index (χ3v) is 1.94. The zero-order valence-electron chi connectivity index (χ0n) is 8.58. The number of hydrogen-bond donors (Lipinski definition) is 3. The van der Waals surface area contributed by atoms with E-state index in [1.54, 1.807) is 0 Å². The van der Waals surface area contributed by atoms with Crippen molar-refractivity contribution >= 4 is 17.6 Å². The van der Waals surface area contributed by atoms with Crippen LogP contribution in [0.4, 0.5) is 10.1 Å². The Morgan fingerprint density at radius 2 is 2.12 bits per heavy atom. The maximum atomic E-state index is 13.4. The maximum Gasteiger partial charge on any atom is 0.322 e. The molecule has 0 saturated heterocycles. The Morgan fingerprint density at radius 1 is 1.50 bits per heavy atom. The molecule has 1 aromatic rings. The normalized spacial score (nSPS) is 9.88.